The van der Waals surface area contributed by atoms with E-state index in [1.165, 1.54) is 18.2 Å². The monoisotopic (exact) mass is 251 g/mol. The van der Waals surface area contributed by atoms with Gasteiger partial charge in [0.25, 0.3) is 11.6 Å². The summed E-state index contributed by atoms with van der Waals surface area (Å²) in [6.07, 6.45) is 1.64. The van der Waals surface area contributed by atoms with Crippen molar-refractivity contribution in [3.05, 3.63) is 39.9 Å². The largest absolute Gasteiger partial charge is 0.348 e. The van der Waals surface area contributed by atoms with Crippen LogP contribution in [-0.4, -0.2) is 23.4 Å². The molecule has 0 saturated heterocycles. The SMILES string of the molecule is CCCC(CN)NC(=O)c1ccccc1[N+](=O)[O-]. The van der Waals surface area contributed by atoms with E-state index in [1.54, 1.807) is 6.07 Å². The van der Waals surface area contributed by atoms with Crippen molar-refractivity contribution in [1.29, 1.82) is 0 Å². The maximum absolute atomic E-state index is 11.9. The van der Waals surface area contributed by atoms with Gasteiger partial charge in [0.1, 0.15) is 5.56 Å². The molecule has 98 valence electrons. The third-order valence-electron chi connectivity index (χ3n) is 2.60. The highest BCUT2D eigenvalue weighted by Crippen LogP contribution is 2.17. The Morgan fingerprint density at radius 2 is 2.17 bits per heavy atom. The highest BCUT2D eigenvalue weighted by molar-refractivity contribution is 5.98. The summed E-state index contributed by atoms with van der Waals surface area (Å²) in [7, 11) is 0. The van der Waals surface area contributed by atoms with Crippen molar-refractivity contribution < 1.29 is 9.72 Å². The molecule has 6 heteroatoms. The zero-order chi connectivity index (χ0) is 13.5. The molecule has 1 amide bonds. The molecule has 0 bridgehead atoms. The fourth-order valence-corrected chi connectivity index (χ4v) is 1.69. The van der Waals surface area contributed by atoms with Gasteiger partial charge < -0.3 is 11.1 Å². The molecule has 0 heterocycles. The summed E-state index contributed by atoms with van der Waals surface area (Å²) in [5.74, 6) is -0.453. The third-order valence-corrected chi connectivity index (χ3v) is 2.60. The minimum absolute atomic E-state index is 0.0667. The van der Waals surface area contributed by atoms with Crippen molar-refractivity contribution in [2.75, 3.05) is 6.54 Å². The molecule has 1 unspecified atom stereocenters. The lowest BCUT2D eigenvalue weighted by Crippen LogP contribution is -2.40. The van der Waals surface area contributed by atoms with Crippen LogP contribution in [0.15, 0.2) is 24.3 Å². The van der Waals surface area contributed by atoms with Gasteiger partial charge in [0.15, 0.2) is 0 Å². The van der Waals surface area contributed by atoms with Crippen LogP contribution in [0.5, 0.6) is 0 Å². The Hall–Kier alpha value is -1.95. The second-order valence-electron chi connectivity index (χ2n) is 3.97. The Morgan fingerprint density at radius 1 is 1.50 bits per heavy atom. The molecule has 0 aliphatic carbocycles. The molecule has 0 radical (unpaired) electrons. The lowest BCUT2D eigenvalue weighted by Gasteiger charge is -2.15. The fraction of sp³-hybridized carbons (Fsp3) is 0.417. The number of nitrogens with one attached hydrogen (secondary N) is 1. The van der Waals surface area contributed by atoms with E-state index in [0.717, 1.165) is 12.8 Å². The zero-order valence-corrected chi connectivity index (χ0v) is 10.3. The molecule has 0 spiro atoms. The maximum atomic E-state index is 11.9. The minimum Gasteiger partial charge on any atom is -0.348 e. The van der Waals surface area contributed by atoms with Crippen LogP contribution in [0.4, 0.5) is 5.69 Å². The van der Waals surface area contributed by atoms with E-state index in [4.69, 9.17) is 5.73 Å². The van der Waals surface area contributed by atoms with Crippen LogP contribution in [0.2, 0.25) is 0 Å². The van der Waals surface area contributed by atoms with Crippen LogP contribution in [0.25, 0.3) is 0 Å². The number of hydrogen-bond donors (Lipinski definition) is 2. The number of hydrogen-bond acceptors (Lipinski definition) is 4. The van der Waals surface area contributed by atoms with Gasteiger partial charge in [-0.3, -0.25) is 14.9 Å². The summed E-state index contributed by atoms with van der Waals surface area (Å²) in [5, 5.41) is 13.5. The molecule has 18 heavy (non-hydrogen) atoms. The van der Waals surface area contributed by atoms with E-state index in [9.17, 15) is 14.9 Å². The van der Waals surface area contributed by atoms with Gasteiger partial charge >= 0.3 is 0 Å². The van der Waals surface area contributed by atoms with Crippen molar-refractivity contribution in [2.24, 2.45) is 5.73 Å². The van der Waals surface area contributed by atoms with Crippen LogP contribution < -0.4 is 11.1 Å². The number of carbonyl (C=O) groups is 1. The van der Waals surface area contributed by atoms with Gasteiger partial charge in [0, 0.05) is 18.7 Å². The van der Waals surface area contributed by atoms with Gasteiger partial charge in [-0.15, -0.1) is 0 Å². The zero-order valence-electron chi connectivity index (χ0n) is 10.3. The van der Waals surface area contributed by atoms with E-state index >= 15 is 0 Å². The highest BCUT2D eigenvalue weighted by Gasteiger charge is 2.20. The average molecular weight is 251 g/mol. The summed E-state index contributed by atoms with van der Waals surface area (Å²) in [6.45, 7) is 2.31. The number of carbonyl (C=O) groups excluding carboxylic acids is 1. The maximum Gasteiger partial charge on any atom is 0.282 e. The van der Waals surface area contributed by atoms with Gasteiger partial charge in [0.2, 0.25) is 0 Å². The minimum atomic E-state index is -0.563. The molecule has 3 N–H and O–H groups in total. The lowest BCUT2D eigenvalue weighted by atomic mass is 10.1. The molecule has 0 saturated carbocycles. The van der Waals surface area contributed by atoms with Crippen LogP contribution in [0, 0.1) is 10.1 Å². The Bertz CT molecular complexity index is 434. The number of nitrogens with two attached hydrogens (primary N) is 1. The molecular formula is C12H17N3O3. The number of nitro groups is 1. The summed E-state index contributed by atoms with van der Waals surface area (Å²) < 4.78 is 0. The Kier molecular flexibility index (Phi) is 5.26. The van der Waals surface area contributed by atoms with Crippen molar-refractivity contribution >= 4 is 11.6 Å². The van der Waals surface area contributed by atoms with Gasteiger partial charge in [-0.1, -0.05) is 25.5 Å². The van der Waals surface area contributed by atoms with Crippen LogP contribution >= 0.6 is 0 Å². The fourth-order valence-electron chi connectivity index (χ4n) is 1.69. The van der Waals surface area contributed by atoms with Crippen LogP contribution in [0.1, 0.15) is 30.1 Å². The number of nitro benzene ring substituents is 1. The van der Waals surface area contributed by atoms with Gasteiger partial charge in [-0.2, -0.15) is 0 Å². The molecule has 1 aromatic rings. The van der Waals surface area contributed by atoms with E-state index in [-0.39, 0.29) is 17.3 Å². The molecule has 1 aromatic carbocycles. The molecular weight excluding hydrogens is 234 g/mol. The topological polar surface area (TPSA) is 98.3 Å². The standard InChI is InChI=1S/C12H17N3O3/c1-2-5-9(8-13)14-12(16)10-6-3-4-7-11(10)15(17)18/h3-4,6-7,9H,2,5,8,13H2,1H3,(H,14,16). The highest BCUT2D eigenvalue weighted by atomic mass is 16.6. The molecule has 1 rings (SSSR count). The first kappa shape index (κ1) is 14.1. The first-order valence-electron chi connectivity index (χ1n) is 5.84. The van der Waals surface area contributed by atoms with Gasteiger partial charge in [0.05, 0.1) is 4.92 Å². The summed E-state index contributed by atoms with van der Waals surface area (Å²) in [6, 6.07) is 5.72. The van der Waals surface area contributed by atoms with E-state index in [0.29, 0.717) is 6.54 Å². The average Bonchev–Trinajstić information content (AvgIpc) is 2.38. The number of benzene rings is 1. The molecule has 1 atom stereocenters. The smallest absolute Gasteiger partial charge is 0.282 e. The quantitative estimate of drug-likeness (QED) is 0.590. The lowest BCUT2D eigenvalue weighted by molar-refractivity contribution is -0.385. The predicted octanol–water partition coefficient (Wildman–Crippen LogP) is 1.45. The summed E-state index contributed by atoms with van der Waals surface area (Å²) in [4.78, 5) is 22.2. The Labute approximate surface area is 105 Å². The summed E-state index contributed by atoms with van der Waals surface area (Å²) >= 11 is 0. The first-order chi connectivity index (χ1) is 8.60. The van der Waals surface area contributed by atoms with Crippen LogP contribution in [-0.2, 0) is 0 Å². The first-order valence-corrected chi connectivity index (χ1v) is 5.84. The van der Waals surface area contributed by atoms with E-state index < -0.39 is 10.8 Å². The molecule has 0 aliphatic heterocycles. The summed E-state index contributed by atoms with van der Waals surface area (Å²) in [5.41, 5.74) is 5.41. The van der Waals surface area contributed by atoms with Gasteiger partial charge in [-0.05, 0) is 12.5 Å². The molecule has 6 nitrogen and oxygen atoms in total. The molecule has 0 fully saturated rings. The van der Waals surface area contributed by atoms with Crippen molar-refractivity contribution in [1.82, 2.24) is 5.32 Å². The molecule has 0 aromatic heterocycles. The van der Waals surface area contributed by atoms with Crippen molar-refractivity contribution in [3.63, 3.8) is 0 Å². The number of amides is 1. The molecule has 0 aliphatic rings. The number of rotatable bonds is 6. The van der Waals surface area contributed by atoms with Crippen LogP contribution in [0.3, 0.4) is 0 Å². The Morgan fingerprint density at radius 3 is 2.72 bits per heavy atom. The second kappa shape index (κ2) is 6.70. The Balaban J connectivity index is 2.87. The number of para-hydroxylation sites is 1. The van der Waals surface area contributed by atoms with Gasteiger partial charge in [-0.25, -0.2) is 0 Å². The second-order valence-corrected chi connectivity index (χ2v) is 3.97. The van der Waals surface area contributed by atoms with E-state index in [1.807, 2.05) is 6.92 Å². The normalized spacial score (nSPS) is 11.9. The van der Waals surface area contributed by atoms with Crippen molar-refractivity contribution in [2.45, 2.75) is 25.8 Å². The predicted molar refractivity (Wildman–Crippen MR) is 68.3 cm³/mol. The third kappa shape index (κ3) is 3.53. The van der Waals surface area contributed by atoms with Crippen molar-refractivity contribution in [3.8, 4) is 0 Å². The number of nitrogens with zero attached hydrogens (tertiary/aromatic N) is 1. The van der Waals surface area contributed by atoms with E-state index in [2.05, 4.69) is 5.32 Å².